The van der Waals surface area contributed by atoms with E-state index >= 15 is 0 Å². The predicted octanol–water partition coefficient (Wildman–Crippen LogP) is 5.96. The summed E-state index contributed by atoms with van der Waals surface area (Å²) in [7, 11) is 0. The molecule has 0 amide bonds. The fourth-order valence-electron chi connectivity index (χ4n) is 2.97. The molecule has 0 unspecified atom stereocenters. The first-order valence-corrected chi connectivity index (χ1v) is 9.61. The number of alkyl halides is 1. The minimum atomic E-state index is -0.708. The van der Waals surface area contributed by atoms with Crippen molar-refractivity contribution in [3.05, 3.63) is 40.2 Å². The molecule has 0 saturated heterocycles. The molecule has 0 bridgehead atoms. The van der Waals surface area contributed by atoms with Crippen LogP contribution in [0.2, 0.25) is 0 Å². The monoisotopic (exact) mass is 366 g/mol. The molecule has 0 aliphatic rings. The van der Waals surface area contributed by atoms with Crippen molar-refractivity contribution in [2.75, 3.05) is 13.3 Å². The lowest BCUT2D eigenvalue weighted by molar-refractivity contribution is 0.291. The first-order chi connectivity index (χ1) is 12.7. The second kappa shape index (κ2) is 10.9. The normalized spacial score (nSPS) is 11.2. The van der Waals surface area contributed by atoms with Gasteiger partial charge in [0.25, 0.3) is 0 Å². The van der Waals surface area contributed by atoms with E-state index in [2.05, 4.69) is 6.92 Å². The average molecular weight is 366 g/mol. The van der Waals surface area contributed by atoms with E-state index in [-0.39, 0.29) is 11.1 Å². The zero-order valence-electron chi connectivity index (χ0n) is 15.5. The van der Waals surface area contributed by atoms with E-state index in [1.807, 2.05) is 0 Å². The Bertz CT molecular complexity index is 740. The first-order valence-electron chi connectivity index (χ1n) is 9.61. The van der Waals surface area contributed by atoms with Gasteiger partial charge in [-0.15, -0.1) is 0 Å². The van der Waals surface area contributed by atoms with Crippen molar-refractivity contribution < 1.29 is 17.9 Å². The minimum Gasteiger partial charge on any atom is -0.490 e. The lowest BCUT2D eigenvalue weighted by atomic mass is 10.1. The van der Waals surface area contributed by atoms with E-state index in [1.54, 1.807) is 18.2 Å². The van der Waals surface area contributed by atoms with Gasteiger partial charge in [-0.05, 0) is 36.8 Å². The lowest BCUT2D eigenvalue weighted by Gasteiger charge is -2.09. The van der Waals surface area contributed by atoms with E-state index in [0.29, 0.717) is 37.0 Å². The highest BCUT2D eigenvalue weighted by Crippen LogP contribution is 2.25. The van der Waals surface area contributed by atoms with Gasteiger partial charge in [0.1, 0.15) is 11.1 Å². The Morgan fingerprint density at radius 3 is 2.58 bits per heavy atom. The van der Waals surface area contributed by atoms with Gasteiger partial charge in [-0.25, -0.2) is 9.18 Å². The van der Waals surface area contributed by atoms with Crippen LogP contribution in [0.5, 0.6) is 5.75 Å². The third-order valence-corrected chi connectivity index (χ3v) is 4.45. The maximum atomic E-state index is 14.6. The Kier molecular flexibility index (Phi) is 8.59. The number of hydrogen-bond donors (Lipinski definition) is 0. The summed E-state index contributed by atoms with van der Waals surface area (Å²) < 4.78 is 37.5. The fraction of sp³-hybridized carbons (Fsp3) is 0.571. The van der Waals surface area contributed by atoms with E-state index in [9.17, 15) is 13.6 Å². The molecule has 26 heavy (non-hydrogen) atoms. The van der Waals surface area contributed by atoms with Gasteiger partial charge < -0.3 is 9.15 Å². The number of halogens is 2. The van der Waals surface area contributed by atoms with Crippen LogP contribution in [-0.2, 0) is 6.42 Å². The van der Waals surface area contributed by atoms with Crippen molar-refractivity contribution in [1.29, 1.82) is 0 Å². The molecule has 0 atom stereocenters. The zero-order chi connectivity index (χ0) is 18.8. The molecule has 0 N–H and O–H groups in total. The van der Waals surface area contributed by atoms with Gasteiger partial charge in [0, 0.05) is 6.42 Å². The highest BCUT2D eigenvalue weighted by atomic mass is 19.1. The number of ether oxygens (including phenoxy) is 1. The van der Waals surface area contributed by atoms with Gasteiger partial charge in [0.2, 0.25) is 0 Å². The Hall–Kier alpha value is -1.91. The quantitative estimate of drug-likeness (QED) is 0.435. The van der Waals surface area contributed by atoms with Crippen molar-refractivity contribution in [3.8, 4) is 5.75 Å². The molecule has 0 spiro atoms. The van der Waals surface area contributed by atoms with Crippen molar-refractivity contribution in [3.63, 3.8) is 0 Å². The molecule has 2 rings (SSSR count). The van der Waals surface area contributed by atoms with Crippen molar-refractivity contribution in [2.24, 2.45) is 0 Å². The first kappa shape index (κ1) is 20.4. The van der Waals surface area contributed by atoms with Crippen LogP contribution in [0.25, 0.3) is 10.8 Å². The van der Waals surface area contributed by atoms with Crippen LogP contribution in [0.15, 0.2) is 27.4 Å². The summed E-state index contributed by atoms with van der Waals surface area (Å²) in [6.45, 7) is 2.21. The van der Waals surface area contributed by atoms with Crippen LogP contribution in [0.1, 0.15) is 64.1 Å². The summed E-state index contributed by atoms with van der Waals surface area (Å²) in [5.74, 6) is -0.128. The molecular formula is C21H28F2O3. The molecule has 0 aliphatic carbocycles. The topological polar surface area (TPSA) is 39.4 Å². The minimum absolute atomic E-state index is 0.0836. The van der Waals surface area contributed by atoms with Crippen LogP contribution in [0.4, 0.5) is 8.78 Å². The van der Waals surface area contributed by atoms with Gasteiger partial charge in [0.05, 0.1) is 13.3 Å². The number of aryl methyl sites for hydroxylation is 1. The second-order valence-electron chi connectivity index (χ2n) is 6.60. The van der Waals surface area contributed by atoms with Crippen LogP contribution in [0, 0.1) is 5.82 Å². The standard InChI is InChI=1S/C21H28F2O3/c1-2-3-4-5-6-9-14-25-18-12-11-16-15-17(10-7-8-13-22)26-21(24)19(16)20(18)23/h11-12,15H,2-10,13-14H2,1H3. The average Bonchev–Trinajstić information content (AvgIpc) is 2.62. The van der Waals surface area contributed by atoms with Crippen LogP contribution in [-0.4, -0.2) is 13.3 Å². The number of unbranched alkanes of at least 4 members (excludes halogenated alkanes) is 6. The number of benzene rings is 1. The molecule has 1 heterocycles. The van der Waals surface area contributed by atoms with Gasteiger partial charge in [-0.1, -0.05) is 45.1 Å². The molecule has 0 aliphatic heterocycles. The zero-order valence-corrected chi connectivity index (χ0v) is 15.5. The molecule has 144 valence electrons. The third-order valence-electron chi connectivity index (χ3n) is 4.45. The second-order valence-corrected chi connectivity index (χ2v) is 6.60. The van der Waals surface area contributed by atoms with Gasteiger partial charge in [-0.2, -0.15) is 0 Å². The molecule has 0 fully saturated rings. The SMILES string of the molecule is CCCCCCCCOc1ccc2cc(CCCCF)oc(=O)c2c1F. The van der Waals surface area contributed by atoms with Crippen LogP contribution < -0.4 is 10.4 Å². The molecule has 3 nitrogen and oxygen atoms in total. The van der Waals surface area contributed by atoms with Gasteiger partial charge >= 0.3 is 5.63 Å². The number of hydrogen-bond acceptors (Lipinski definition) is 3. The predicted molar refractivity (Wildman–Crippen MR) is 100 cm³/mol. The molecular weight excluding hydrogens is 338 g/mol. The van der Waals surface area contributed by atoms with E-state index in [0.717, 1.165) is 19.3 Å². The summed E-state index contributed by atoms with van der Waals surface area (Å²) in [5.41, 5.74) is -0.708. The van der Waals surface area contributed by atoms with E-state index in [4.69, 9.17) is 9.15 Å². The Morgan fingerprint density at radius 2 is 1.81 bits per heavy atom. The van der Waals surface area contributed by atoms with Crippen molar-refractivity contribution in [2.45, 2.75) is 64.7 Å². The van der Waals surface area contributed by atoms with E-state index in [1.165, 1.54) is 19.3 Å². The summed E-state index contributed by atoms with van der Waals surface area (Å²) in [6.07, 6.45) is 8.22. The molecule has 0 saturated carbocycles. The van der Waals surface area contributed by atoms with E-state index < -0.39 is 18.1 Å². The largest absolute Gasteiger partial charge is 0.490 e. The molecule has 2 aromatic rings. The Labute approximate surface area is 153 Å². The lowest BCUT2D eigenvalue weighted by Crippen LogP contribution is -2.07. The number of rotatable bonds is 12. The Morgan fingerprint density at radius 1 is 1.04 bits per heavy atom. The maximum Gasteiger partial charge on any atom is 0.346 e. The van der Waals surface area contributed by atoms with Crippen molar-refractivity contribution in [1.82, 2.24) is 0 Å². The number of fused-ring (bicyclic) bond motifs is 1. The summed E-state index contributed by atoms with van der Waals surface area (Å²) in [6, 6.07) is 4.87. The van der Waals surface area contributed by atoms with Gasteiger partial charge in [-0.3, -0.25) is 4.39 Å². The summed E-state index contributed by atoms with van der Waals surface area (Å²) in [5, 5.41) is 0.403. The van der Waals surface area contributed by atoms with Crippen LogP contribution in [0.3, 0.4) is 0 Å². The molecule has 0 radical (unpaired) electrons. The maximum absolute atomic E-state index is 14.6. The summed E-state index contributed by atoms with van der Waals surface area (Å²) >= 11 is 0. The molecule has 1 aromatic carbocycles. The van der Waals surface area contributed by atoms with Crippen LogP contribution >= 0.6 is 0 Å². The molecule has 5 heteroatoms. The highest BCUT2D eigenvalue weighted by molar-refractivity contribution is 5.83. The molecule has 1 aromatic heterocycles. The smallest absolute Gasteiger partial charge is 0.346 e. The highest BCUT2D eigenvalue weighted by Gasteiger charge is 2.14. The third kappa shape index (κ3) is 5.82. The Balaban J connectivity index is 1.99. The fourth-order valence-corrected chi connectivity index (χ4v) is 2.97. The van der Waals surface area contributed by atoms with Gasteiger partial charge in [0.15, 0.2) is 11.6 Å². The van der Waals surface area contributed by atoms with Crippen molar-refractivity contribution >= 4 is 10.8 Å². The summed E-state index contributed by atoms with van der Waals surface area (Å²) in [4.78, 5) is 12.1.